The minimum absolute atomic E-state index is 0.712. The summed E-state index contributed by atoms with van der Waals surface area (Å²) in [6.07, 6.45) is 1.51. The molecule has 0 saturated heterocycles. The molecule has 2 aromatic rings. The Morgan fingerprint density at radius 2 is 1.95 bits per heavy atom. The molecule has 5 nitrogen and oxygen atoms in total. The zero-order valence-electron chi connectivity index (χ0n) is 11.0. The van der Waals surface area contributed by atoms with E-state index in [4.69, 9.17) is 4.74 Å². The third-order valence-corrected chi connectivity index (χ3v) is 3.44. The van der Waals surface area contributed by atoms with Gasteiger partial charge in [0.15, 0.2) is 0 Å². The second kappa shape index (κ2) is 5.88. The molecule has 1 heterocycles. The summed E-state index contributed by atoms with van der Waals surface area (Å²) in [6.45, 7) is 2.00. The third kappa shape index (κ3) is 2.96. The van der Waals surface area contributed by atoms with Crippen molar-refractivity contribution >= 4 is 33.3 Å². The monoisotopic (exact) mass is 322 g/mol. The fourth-order valence-corrected chi connectivity index (χ4v) is 2.23. The summed E-state index contributed by atoms with van der Waals surface area (Å²) in [6, 6.07) is 5.87. The standard InChI is InChI=1S/C13H15BrN4O/c1-8-6-9(4-5-10(8)19-3)18-13-11(14)12(15-2)16-7-17-13/h4-7H,1-3H3,(H2,15,16,17,18). The summed E-state index contributed by atoms with van der Waals surface area (Å²) in [7, 11) is 3.48. The van der Waals surface area contributed by atoms with E-state index < -0.39 is 0 Å². The summed E-state index contributed by atoms with van der Waals surface area (Å²) in [5.41, 5.74) is 2.01. The first kappa shape index (κ1) is 13.6. The smallest absolute Gasteiger partial charge is 0.150 e. The summed E-state index contributed by atoms with van der Waals surface area (Å²) < 4.78 is 6.03. The molecule has 2 N–H and O–H groups in total. The molecule has 0 bridgehead atoms. The number of anilines is 3. The van der Waals surface area contributed by atoms with Crippen molar-refractivity contribution in [3.05, 3.63) is 34.6 Å². The Hall–Kier alpha value is -1.82. The van der Waals surface area contributed by atoms with Crippen LogP contribution in [0.4, 0.5) is 17.3 Å². The van der Waals surface area contributed by atoms with Crippen LogP contribution in [-0.2, 0) is 0 Å². The molecule has 0 spiro atoms. The molecule has 100 valence electrons. The first-order valence-electron chi connectivity index (χ1n) is 5.75. The van der Waals surface area contributed by atoms with Crippen LogP contribution < -0.4 is 15.4 Å². The number of nitrogens with zero attached hydrogens (tertiary/aromatic N) is 2. The Balaban J connectivity index is 2.29. The number of rotatable bonds is 4. The van der Waals surface area contributed by atoms with E-state index in [9.17, 15) is 0 Å². The molecule has 6 heteroatoms. The number of halogens is 1. The minimum atomic E-state index is 0.712. The number of aryl methyl sites for hydroxylation is 1. The first-order valence-corrected chi connectivity index (χ1v) is 6.55. The van der Waals surface area contributed by atoms with Gasteiger partial charge >= 0.3 is 0 Å². The number of nitrogens with one attached hydrogen (secondary N) is 2. The van der Waals surface area contributed by atoms with E-state index >= 15 is 0 Å². The Morgan fingerprint density at radius 1 is 1.21 bits per heavy atom. The van der Waals surface area contributed by atoms with Crippen LogP contribution >= 0.6 is 15.9 Å². The van der Waals surface area contributed by atoms with Crippen LogP contribution in [0.15, 0.2) is 29.0 Å². The van der Waals surface area contributed by atoms with Crippen LogP contribution in [0.2, 0.25) is 0 Å². The van der Waals surface area contributed by atoms with Crippen LogP contribution in [-0.4, -0.2) is 24.1 Å². The van der Waals surface area contributed by atoms with Gasteiger partial charge in [-0.05, 0) is 46.6 Å². The Bertz CT molecular complexity index is 589. The zero-order chi connectivity index (χ0) is 13.8. The van der Waals surface area contributed by atoms with Gasteiger partial charge < -0.3 is 15.4 Å². The molecule has 1 aromatic carbocycles. The van der Waals surface area contributed by atoms with Gasteiger partial charge in [0.1, 0.15) is 28.2 Å². The van der Waals surface area contributed by atoms with Crippen LogP contribution in [0.3, 0.4) is 0 Å². The van der Waals surface area contributed by atoms with E-state index in [1.165, 1.54) is 6.33 Å². The second-order valence-electron chi connectivity index (χ2n) is 3.94. The minimum Gasteiger partial charge on any atom is -0.496 e. The lowest BCUT2D eigenvalue weighted by Crippen LogP contribution is -2.00. The molecule has 19 heavy (non-hydrogen) atoms. The Labute approximate surface area is 120 Å². The lowest BCUT2D eigenvalue weighted by atomic mass is 10.2. The number of hydrogen-bond donors (Lipinski definition) is 2. The maximum Gasteiger partial charge on any atom is 0.150 e. The normalized spacial score (nSPS) is 10.1. The summed E-state index contributed by atoms with van der Waals surface area (Å²) >= 11 is 3.47. The van der Waals surface area contributed by atoms with Crippen molar-refractivity contribution in [2.24, 2.45) is 0 Å². The second-order valence-corrected chi connectivity index (χ2v) is 4.74. The van der Waals surface area contributed by atoms with Crippen molar-refractivity contribution in [2.45, 2.75) is 6.92 Å². The Kier molecular flexibility index (Phi) is 4.21. The zero-order valence-corrected chi connectivity index (χ0v) is 12.6. The van der Waals surface area contributed by atoms with Crippen molar-refractivity contribution in [3.63, 3.8) is 0 Å². The molecule has 0 aliphatic rings. The van der Waals surface area contributed by atoms with E-state index in [-0.39, 0.29) is 0 Å². The largest absolute Gasteiger partial charge is 0.496 e. The molecular formula is C13H15BrN4O. The molecule has 0 amide bonds. The first-order chi connectivity index (χ1) is 9.15. The predicted molar refractivity (Wildman–Crippen MR) is 80.3 cm³/mol. The molecule has 0 saturated carbocycles. The molecule has 2 rings (SSSR count). The molecule has 0 fully saturated rings. The van der Waals surface area contributed by atoms with Gasteiger partial charge in [-0.1, -0.05) is 0 Å². The molecule has 0 aliphatic heterocycles. The van der Waals surface area contributed by atoms with E-state index in [0.29, 0.717) is 5.82 Å². The van der Waals surface area contributed by atoms with Crippen LogP contribution in [0.5, 0.6) is 5.75 Å². The highest BCUT2D eigenvalue weighted by molar-refractivity contribution is 9.10. The Morgan fingerprint density at radius 3 is 2.58 bits per heavy atom. The summed E-state index contributed by atoms with van der Waals surface area (Å²) in [5.74, 6) is 2.31. The van der Waals surface area contributed by atoms with E-state index in [2.05, 4.69) is 36.5 Å². The van der Waals surface area contributed by atoms with E-state index in [1.54, 1.807) is 7.11 Å². The summed E-state index contributed by atoms with van der Waals surface area (Å²) in [4.78, 5) is 8.33. The molecule has 0 unspecified atom stereocenters. The highest BCUT2D eigenvalue weighted by Gasteiger charge is 2.08. The number of aromatic nitrogens is 2. The molecule has 0 radical (unpaired) electrons. The molecule has 0 atom stereocenters. The lowest BCUT2D eigenvalue weighted by Gasteiger charge is -2.11. The number of ether oxygens (including phenoxy) is 1. The molecule has 0 aliphatic carbocycles. The van der Waals surface area contributed by atoms with Gasteiger partial charge in [-0.15, -0.1) is 0 Å². The SMILES string of the molecule is CNc1ncnc(Nc2ccc(OC)c(C)c2)c1Br. The van der Waals surface area contributed by atoms with E-state index in [0.717, 1.165) is 27.3 Å². The van der Waals surface area contributed by atoms with Crippen LogP contribution in [0.1, 0.15) is 5.56 Å². The topological polar surface area (TPSA) is 59.1 Å². The van der Waals surface area contributed by atoms with Crippen LogP contribution in [0.25, 0.3) is 0 Å². The van der Waals surface area contributed by atoms with Gasteiger partial charge in [0.25, 0.3) is 0 Å². The quantitative estimate of drug-likeness (QED) is 0.904. The number of methoxy groups -OCH3 is 1. The number of benzene rings is 1. The van der Waals surface area contributed by atoms with E-state index in [1.807, 2.05) is 32.2 Å². The molecular weight excluding hydrogens is 308 g/mol. The van der Waals surface area contributed by atoms with Crippen LogP contribution in [0, 0.1) is 6.92 Å². The fraction of sp³-hybridized carbons (Fsp3) is 0.231. The average Bonchev–Trinajstić information content (AvgIpc) is 2.41. The van der Waals surface area contributed by atoms with Gasteiger partial charge in [-0.2, -0.15) is 0 Å². The number of hydrogen-bond acceptors (Lipinski definition) is 5. The predicted octanol–water partition coefficient (Wildman–Crippen LogP) is 3.34. The van der Waals surface area contributed by atoms with Crippen molar-refractivity contribution in [2.75, 3.05) is 24.8 Å². The van der Waals surface area contributed by atoms with Crippen molar-refractivity contribution < 1.29 is 4.74 Å². The van der Waals surface area contributed by atoms with Crippen molar-refractivity contribution in [1.29, 1.82) is 0 Å². The third-order valence-electron chi connectivity index (χ3n) is 2.68. The average molecular weight is 323 g/mol. The highest BCUT2D eigenvalue weighted by atomic mass is 79.9. The van der Waals surface area contributed by atoms with Gasteiger partial charge in [0.05, 0.1) is 7.11 Å². The maximum absolute atomic E-state index is 5.24. The summed E-state index contributed by atoms with van der Waals surface area (Å²) in [5, 5.41) is 6.24. The van der Waals surface area contributed by atoms with Gasteiger partial charge in [0, 0.05) is 12.7 Å². The van der Waals surface area contributed by atoms with Crippen molar-refractivity contribution in [3.8, 4) is 5.75 Å². The van der Waals surface area contributed by atoms with Gasteiger partial charge in [-0.3, -0.25) is 0 Å². The lowest BCUT2D eigenvalue weighted by molar-refractivity contribution is 0.412. The van der Waals surface area contributed by atoms with Gasteiger partial charge in [-0.25, -0.2) is 9.97 Å². The molecule has 1 aromatic heterocycles. The van der Waals surface area contributed by atoms with Crippen molar-refractivity contribution in [1.82, 2.24) is 9.97 Å². The maximum atomic E-state index is 5.24. The van der Waals surface area contributed by atoms with Gasteiger partial charge in [0.2, 0.25) is 0 Å². The highest BCUT2D eigenvalue weighted by Crippen LogP contribution is 2.30. The fourth-order valence-electron chi connectivity index (χ4n) is 1.72.